The van der Waals surface area contributed by atoms with Crippen LogP contribution in [0, 0.1) is 12.7 Å². The van der Waals surface area contributed by atoms with Gasteiger partial charge in [0.2, 0.25) is 17.6 Å². The second-order valence-corrected chi connectivity index (χ2v) is 7.56. The van der Waals surface area contributed by atoms with E-state index in [0.29, 0.717) is 29.3 Å². The van der Waals surface area contributed by atoms with Crippen LogP contribution in [0.5, 0.6) is 0 Å². The van der Waals surface area contributed by atoms with Gasteiger partial charge in [0, 0.05) is 43.8 Å². The van der Waals surface area contributed by atoms with E-state index in [-0.39, 0.29) is 24.2 Å². The molecule has 7 nitrogen and oxygen atoms in total. The number of rotatable bonds is 5. The number of benzene rings is 1. The van der Waals surface area contributed by atoms with E-state index in [0.717, 1.165) is 24.8 Å². The number of fused-ring (bicyclic) bond motifs is 1. The lowest BCUT2D eigenvalue weighted by Gasteiger charge is -2.31. The molecule has 4 rings (SSSR count). The molecular weight excluding hydrogens is 373 g/mol. The Bertz CT molecular complexity index is 1040. The van der Waals surface area contributed by atoms with Crippen LogP contribution in [-0.4, -0.2) is 37.8 Å². The lowest BCUT2D eigenvalue weighted by Crippen LogP contribution is -2.33. The summed E-state index contributed by atoms with van der Waals surface area (Å²) >= 11 is 0. The molecule has 0 fully saturated rings. The third-order valence-corrected chi connectivity index (χ3v) is 5.64. The number of aromatic nitrogens is 4. The van der Waals surface area contributed by atoms with E-state index >= 15 is 0 Å². The number of carbonyl (C=O) groups is 1. The van der Waals surface area contributed by atoms with Crippen LogP contribution in [0.2, 0.25) is 0 Å². The zero-order valence-electron chi connectivity index (χ0n) is 16.9. The maximum Gasteiger partial charge on any atom is 0.227 e. The first-order valence-electron chi connectivity index (χ1n) is 9.79. The normalized spacial score (nSPS) is 15.9. The lowest BCUT2D eigenvalue weighted by molar-refractivity contribution is -0.132. The minimum absolute atomic E-state index is 0.0316. The second kappa shape index (κ2) is 7.77. The molecule has 1 atom stereocenters. The van der Waals surface area contributed by atoms with Crippen LogP contribution in [-0.2, 0) is 24.7 Å². The number of amides is 1. The molecule has 3 aromatic rings. The first-order valence-corrected chi connectivity index (χ1v) is 9.79. The molecule has 0 saturated carbocycles. The summed E-state index contributed by atoms with van der Waals surface area (Å²) in [5.74, 6) is 0.556. The average Bonchev–Trinajstić information content (AvgIpc) is 3.35. The van der Waals surface area contributed by atoms with Crippen molar-refractivity contribution in [2.45, 2.75) is 45.1 Å². The Balaban J connectivity index is 1.40. The standard InChI is InChI=1S/C21H24FN5O2/c1-13-11-14(7-8-16(13)22)21-24-19(29-25-21)9-10-20(28)26(2)17-5-4-6-18-15(17)12-23-27(18)3/h7-8,11-12,17H,4-6,9-10H2,1-3H3. The summed E-state index contributed by atoms with van der Waals surface area (Å²) in [5, 5.41) is 8.31. The van der Waals surface area contributed by atoms with Gasteiger partial charge in [-0.05, 0) is 49.9 Å². The topological polar surface area (TPSA) is 77.0 Å². The predicted octanol–water partition coefficient (Wildman–Crippen LogP) is 3.39. The van der Waals surface area contributed by atoms with Crippen LogP contribution in [0.25, 0.3) is 11.4 Å². The molecule has 0 bridgehead atoms. The number of carbonyl (C=O) groups excluding carboxylic acids is 1. The number of aryl methyl sites for hydroxylation is 3. The van der Waals surface area contributed by atoms with Crippen LogP contribution in [0.3, 0.4) is 0 Å². The summed E-state index contributed by atoms with van der Waals surface area (Å²) in [4.78, 5) is 18.9. The Morgan fingerprint density at radius 1 is 1.41 bits per heavy atom. The Labute approximate surface area is 168 Å². The Morgan fingerprint density at radius 3 is 3.03 bits per heavy atom. The zero-order valence-corrected chi connectivity index (χ0v) is 16.9. The van der Waals surface area contributed by atoms with Gasteiger partial charge in [0.1, 0.15) is 5.82 Å². The number of hydrogen-bond acceptors (Lipinski definition) is 5. The summed E-state index contributed by atoms with van der Waals surface area (Å²) in [6.07, 6.45) is 5.50. The molecule has 0 N–H and O–H groups in total. The lowest BCUT2D eigenvalue weighted by atomic mass is 9.92. The molecule has 0 saturated heterocycles. The summed E-state index contributed by atoms with van der Waals surface area (Å²) in [5.41, 5.74) is 3.56. The molecule has 1 aliphatic carbocycles. The van der Waals surface area contributed by atoms with Crippen molar-refractivity contribution in [2.75, 3.05) is 7.05 Å². The minimum atomic E-state index is -0.273. The van der Waals surface area contributed by atoms with Gasteiger partial charge in [0.15, 0.2) is 0 Å². The molecule has 2 heterocycles. The predicted molar refractivity (Wildman–Crippen MR) is 104 cm³/mol. The van der Waals surface area contributed by atoms with Gasteiger partial charge in [-0.25, -0.2) is 4.39 Å². The smallest absolute Gasteiger partial charge is 0.227 e. The van der Waals surface area contributed by atoms with Gasteiger partial charge >= 0.3 is 0 Å². The van der Waals surface area contributed by atoms with E-state index in [1.165, 1.54) is 11.8 Å². The van der Waals surface area contributed by atoms with E-state index in [2.05, 4.69) is 15.2 Å². The number of halogens is 1. The maximum atomic E-state index is 13.4. The highest BCUT2D eigenvalue weighted by molar-refractivity contribution is 5.76. The molecule has 0 aliphatic heterocycles. The Morgan fingerprint density at radius 2 is 2.24 bits per heavy atom. The quantitative estimate of drug-likeness (QED) is 0.660. The van der Waals surface area contributed by atoms with Gasteiger partial charge in [-0.3, -0.25) is 9.48 Å². The highest BCUT2D eigenvalue weighted by Crippen LogP contribution is 2.33. The molecule has 1 amide bonds. The molecule has 0 radical (unpaired) electrons. The fourth-order valence-electron chi connectivity index (χ4n) is 3.91. The summed E-state index contributed by atoms with van der Waals surface area (Å²) in [6, 6.07) is 4.73. The second-order valence-electron chi connectivity index (χ2n) is 7.56. The van der Waals surface area contributed by atoms with Gasteiger partial charge in [0.05, 0.1) is 12.2 Å². The van der Waals surface area contributed by atoms with E-state index in [1.807, 2.05) is 25.0 Å². The Kier molecular flexibility index (Phi) is 5.17. The molecule has 0 spiro atoms. The SMILES string of the molecule is Cc1cc(-c2noc(CCC(=O)N(C)C3CCCc4c3cnn4C)n2)ccc1F. The summed E-state index contributed by atoms with van der Waals surface area (Å²) < 4.78 is 20.6. The van der Waals surface area contributed by atoms with E-state index in [4.69, 9.17) is 4.52 Å². The summed E-state index contributed by atoms with van der Waals surface area (Å²) in [7, 11) is 3.79. The average molecular weight is 397 g/mol. The van der Waals surface area contributed by atoms with Crippen LogP contribution < -0.4 is 0 Å². The van der Waals surface area contributed by atoms with Crippen LogP contribution in [0.4, 0.5) is 4.39 Å². The third kappa shape index (κ3) is 3.79. The van der Waals surface area contributed by atoms with Gasteiger partial charge in [-0.2, -0.15) is 10.1 Å². The van der Waals surface area contributed by atoms with Crippen molar-refractivity contribution in [2.24, 2.45) is 7.05 Å². The van der Waals surface area contributed by atoms with Crippen molar-refractivity contribution < 1.29 is 13.7 Å². The van der Waals surface area contributed by atoms with Crippen molar-refractivity contribution in [3.05, 3.63) is 52.9 Å². The highest BCUT2D eigenvalue weighted by Gasteiger charge is 2.29. The maximum absolute atomic E-state index is 13.4. The summed E-state index contributed by atoms with van der Waals surface area (Å²) in [6.45, 7) is 1.69. The van der Waals surface area contributed by atoms with Crippen molar-refractivity contribution >= 4 is 5.91 Å². The fourth-order valence-corrected chi connectivity index (χ4v) is 3.91. The van der Waals surface area contributed by atoms with Crippen LogP contribution in [0.15, 0.2) is 28.9 Å². The molecule has 1 aliphatic rings. The van der Waals surface area contributed by atoms with Gasteiger partial charge < -0.3 is 9.42 Å². The first-order chi connectivity index (χ1) is 13.9. The van der Waals surface area contributed by atoms with Crippen molar-refractivity contribution in [1.82, 2.24) is 24.8 Å². The third-order valence-electron chi connectivity index (χ3n) is 5.64. The molecule has 152 valence electrons. The van der Waals surface area contributed by atoms with Gasteiger partial charge in [-0.15, -0.1) is 0 Å². The van der Waals surface area contributed by atoms with Crippen molar-refractivity contribution in [3.8, 4) is 11.4 Å². The van der Waals surface area contributed by atoms with Gasteiger partial charge in [-0.1, -0.05) is 5.16 Å². The monoisotopic (exact) mass is 397 g/mol. The van der Waals surface area contributed by atoms with E-state index in [9.17, 15) is 9.18 Å². The highest BCUT2D eigenvalue weighted by atomic mass is 19.1. The van der Waals surface area contributed by atoms with Crippen molar-refractivity contribution in [1.29, 1.82) is 0 Å². The number of nitrogens with zero attached hydrogens (tertiary/aromatic N) is 5. The molecule has 29 heavy (non-hydrogen) atoms. The Hall–Kier alpha value is -3.03. The minimum Gasteiger partial charge on any atom is -0.339 e. The zero-order chi connectivity index (χ0) is 20.5. The van der Waals surface area contributed by atoms with Gasteiger partial charge in [0.25, 0.3) is 0 Å². The molecular formula is C21H24FN5O2. The van der Waals surface area contributed by atoms with Crippen LogP contribution >= 0.6 is 0 Å². The molecule has 2 aromatic heterocycles. The molecule has 1 aromatic carbocycles. The van der Waals surface area contributed by atoms with Crippen LogP contribution in [0.1, 0.15) is 48.0 Å². The van der Waals surface area contributed by atoms with E-state index in [1.54, 1.807) is 24.0 Å². The number of hydrogen-bond donors (Lipinski definition) is 0. The first kappa shape index (κ1) is 19.3. The van der Waals surface area contributed by atoms with E-state index < -0.39 is 0 Å². The molecule has 8 heteroatoms. The fraction of sp³-hybridized carbons (Fsp3) is 0.429. The largest absolute Gasteiger partial charge is 0.339 e. The van der Waals surface area contributed by atoms with Crippen molar-refractivity contribution in [3.63, 3.8) is 0 Å². The molecule has 1 unspecified atom stereocenters.